The standard InChI is InChI=1S/C11H20N2O3S/c1-13(10-7-17(15,16)8-10)6-11(14)12-9-4-2-3-5-9/h9-10H,2-8H2,1H3,(H,12,14). The molecule has 1 saturated carbocycles. The largest absolute Gasteiger partial charge is 0.352 e. The summed E-state index contributed by atoms with van der Waals surface area (Å²) in [6.07, 6.45) is 4.55. The summed E-state index contributed by atoms with van der Waals surface area (Å²) in [5, 5.41) is 3.00. The van der Waals surface area contributed by atoms with Crippen LogP contribution in [0.2, 0.25) is 0 Å². The summed E-state index contributed by atoms with van der Waals surface area (Å²) in [4.78, 5) is 13.6. The van der Waals surface area contributed by atoms with Crippen molar-refractivity contribution in [1.82, 2.24) is 10.2 Å². The quantitative estimate of drug-likeness (QED) is 0.758. The smallest absolute Gasteiger partial charge is 0.234 e. The Morgan fingerprint density at radius 2 is 1.88 bits per heavy atom. The van der Waals surface area contributed by atoms with Crippen molar-refractivity contribution < 1.29 is 13.2 Å². The van der Waals surface area contributed by atoms with E-state index in [9.17, 15) is 13.2 Å². The van der Waals surface area contributed by atoms with Crippen molar-refractivity contribution >= 4 is 15.7 Å². The zero-order valence-corrected chi connectivity index (χ0v) is 11.0. The predicted octanol–water partition coefficient (Wildman–Crippen LogP) is -0.226. The van der Waals surface area contributed by atoms with Crippen molar-refractivity contribution in [3.8, 4) is 0 Å². The van der Waals surface area contributed by atoms with Crippen molar-refractivity contribution in [3.05, 3.63) is 0 Å². The second kappa shape index (κ2) is 4.94. The van der Waals surface area contributed by atoms with Crippen molar-refractivity contribution in [1.29, 1.82) is 0 Å². The Kier molecular flexibility index (Phi) is 3.73. The molecule has 0 aromatic rings. The number of hydrogen-bond acceptors (Lipinski definition) is 4. The van der Waals surface area contributed by atoms with Crippen LogP contribution in [0.3, 0.4) is 0 Å². The monoisotopic (exact) mass is 260 g/mol. The van der Waals surface area contributed by atoms with Crippen LogP contribution in [-0.2, 0) is 14.6 Å². The van der Waals surface area contributed by atoms with Crippen LogP contribution in [0.1, 0.15) is 25.7 Å². The summed E-state index contributed by atoms with van der Waals surface area (Å²) >= 11 is 0. The van der Waals surface area contributed by atoms with Crippen LogP contribution in [0, 0.1) is 0 Å². The van der Waals surface area contributed by atoms with E-state index in [0.29, 0.717) is 12.6 Å². The van der Waals surface area contributed by atoms with E-state index in [0.717, 1.165) is 12.8 Å². The molecule has 5 nitrogen and oxygen atoms in total. The first-order valence-corrected chi connectivity index (χ1v) is 7.98. The lowest BCUT2D eigenvalue weighted by molar-refractivity contribution is -0.123. The van der Waals surface area contributed by atoms with Gasteiger partial charge in [0.2, 0.25) is 5.91 Å². The van der Waals surface area contributed by atoms with Crippen LogP contribution in [-0.4, -0.2) is 56.4 Å². The van der Waals surface area contributed by atoms with Crippen LogP contribution in [0.15, 0.2) is 0 Å². The highest BCUT2D eigenvalue weighted by molar-refractivity contribution is 7.92. The number of nitrogens with one attached hydrogen (secondary N) is 1. The minimum absolute atomic E-state index is 0.0173. The van der Waals surface area contributed by atoms with E-state index in [1.54, 1.807) is 0 Å². The zero-order chi connectivity index (χ0) is 12.5. The summed E-state index contributed by atoms with van der Waals surface area (Å²) < 4.78 is 22.1. The van der Waals surface area contributed by atoms with Gasteiger partial charge >= 0.3 is 0 Å². The Hall–Kier alpha value is -0.620. The zero-order valence-electron chi connectivity index (χ0n) is 10.2. The summed E-state index contributed by atoms with van der Waals surface area (Å²) in [5.41, 5.74) is 0. The van der Waals surface area contributed by atoms with Crippen LogP contribution in [0.25, 0.3) is 0 Å². The van der Waals surface area contributed by atoms with Gasteiger partial charge in [-0.1, -0.05) is 12.8 Å². The number of nitrogens with zero attached hydrogens (tertiary/aromatic N) is 1. The van der Waals surface area contributed by atoms with Crippen LogP contribution >= 0.6 is 0 Å². The molecule has 6 heteroatoms. The fraction of sp³-hybridized carbons (Fsp3) is 0.909. The van der Waals surface area contributed by atoms with E-state index in [4.69, 9.17) is 0 Å². The minimum atomic E-state index is -2.81. The lowest BCUT2D eigenvalue weighted by atomic mass is 10.2. The van der Waals surface area contributed by atoms with E-state index in [1.165, 1.54) is 12.8 Å². The molecule has 0 atom stereocenters. The molecule has 1 aliphatic carbocycles. The fourth-order valence-electron chi connectivity index (χ4n) is 2.49. The average Bonchev–Trinajstić information content (AvgIpc) is 2.66. The van der Waals surface area contributed by atoms with Gasteiger partial charge in [-0.3, -0.25) is 9.69 Å². The molecule has 1 aliphatic heterocycles. The average molecular weight is 260 g/mol. The van der Waals surface area contributed by atoms with Gasteiger partial charge in [-0.25, -0.2) is 8.42 Å². The number of carbonyl (C=O) groups is 1. The topological polar surface area (TPSA) is 66.5 Å². The maximum Gasteiger partial charge on any atom is 0.234 e. The number of amides is 1. The molecule has 1 amide bonds. The van der Waals surface area contributed by atoms with Crippen molar-refractivity contribution in [2.24, 2.45) is 0 Å². The molecule has 0 unspecified atom stereocenters. The lowest BCUT2D eigenvalue weighted by Gasteiger charge is -2.34. The molecule has 2 rings (SSSR count). The molecule has 0 radical (unpaired) electrons. The first kappa shape index (κ1) is 12.8. The van der Waals surface area contributed by atoms with Gasteiger partial charge in [0.1, 0.15) is 0 Å². The Morgan fingerprint density at radius 3 is 2.41 bits per heavy atom. The molecule has 0 spiro atoms. The Labute approximate surface area is 102 Å². The number of likely N-dealkylation sites (N-methyl/N-ethyl adjacent to an activating group) is 1. The molecule has 1 saturated heterocycles. The SMILES string of the molecule is CN(CC(=O)NC1CCCC1)C1CS(=O)(=O)C1. The molecule has 98 valence electrons. The number of rotatable bonds is 4. The molecule has 0 aromatic carbocycles. The van der Waals surface area contributed by atoms with Gasteiger partial charge in [0.05, 0.1) is 18.1 Å². The maximum absolute atomic E-state index is 11.7. The third-order valence-electron chi connectivity index (χ3n) is 3.63. The highest BCUT2D eigenvalue weighted by Gasteiger charge is 2.36. The van der Waals surface area contributed by atoms with Gasteiger partial charge in [0.25, 0.3) is 0 Å². The van der Waals surface area contributed by atoms with E-state index in [-0.39, 0.29) is 23.5 Å². The van der Waals surface area contributed by atoms with Crippen molar-refractivity contribution in [2.45, 2.75) is 37.8 Å². The van der Waals surface area contributed by atoms with Crippen LogP contribution in [0.4, 0.5) is 0 Å². The normalized spacial score (nSPS) is 24.8. The van der Waals surface area contributed by atoms with E-state index in [2.05, 4.69) is 5.32 Å². The maximum atomic E-state index is 11.7. The van der Waals surface area contributed by atoms with Gasteiger partial charge < -0.3 is 5.32 Å². The third-order valence-corrected chi connectivity index (χ3v) is 5.41. The van der Waals surface area contributed by atoms with Crippen molar-refractivity contribution in [3.63, 3.8) is 0 Å². The molecule has 2 fully saturated rings. The van der Waals surface area contributed by atoms with Crippen molar-refractivity contribution in [2.75, 3.05) is 25.1 Å². The van der Waals surface area contributed by atoms with Gasteiger partial charge in [0, 0.05) is 12.1 Å². The Balaban J connectivity index is 1.71. The lowest BCUT2D eigenvalue weighted by Crippen LogP contribution is -2.54. The molecular formula is C11H20N2O3S. The molecule has 0 aromatic heterocycles. The highest BCUT2D eigenvalue weighted by Crippen LogP contribution is 2.18. The summed E-state index contributed by atoms with van der Waals surface area (Å²) in [6, 6.07) is 0.357. The fourth-order valence-corrected chi connectivity index (χ4v) is 4.07. The molecule has 1 heterocycles. The number of hydrogen-bond donors (Lipinski definition) is 1. The van der Waals surface area contributed by atoms with Gasteiger partial charge in [-0.15, -0.1) is 0 Å². The molecule has 0 bridgehead atoms. The first-order chi connectivity index (χ1) is 7.96. The first-order valence-electron chi connectivity index (χ1n) is 6.16. The molecule has 1 N–H and O–H groups in total. The second-order valence-electron chi connectivity index (χ2n) is 5.19. The predicted molar refractivity (Wildman–Crippen MR) is 65.5 cm³/mol. The number of sulfone groups is 1. The van der Waals surface area contributed by atoms with E-state index in [1.807, 2.05) is 11.9 Å². The Bertz CT molecular complexity index is 376. The van der Waals surface area contributed by atoms with Gasteiger partial charge in [0.15, 0.2) is 9.84 Å². The van der Waals surface area contributed by atoms with Crippen LogP contribution in [0.5, 0.6) is 0 Å². The second-order valence-corrected chi connectivity index (χ2v) is 7.35. The van der Waals surface area contributed by atoms with E-state index < -0.39 is 9.84 Å². The summed E-state index contributed by atoms with van der Waals surface area (Å²) in [5.74, 6) is 0.407. The molecular weight excluding hydrogens is 240 g/mol. The summed E-state index contributed by atoms with van der Waals surface area (Å²) in [7, 11) is -0.994. The summed E-state index contributed by atoms with van der Waals surface area (Å²) in [6.45, 7) is 0.302. The van der Waals surface area contributed by atoms with E-state index >= 15 is 0 Å². The molecule has 17 heavy (non-hydrogen) atoms. The minimum Gasteiger partial charge on any atom is -0.352 e. The highest BCUT2D eigenvalue weighted by atomic mass is 32.2. The van der Waals surface area contributed by atoms with Gasteiger partial charge in [-0.2, -0.15) is 0 Å². The Morgan fingerprint density at radius 1 is 1.29 bits per heavy atom. The van der Waals surface area contributed by atoms with Gasteiger partial charge in [-0.05, 0) is 19.9 Å². The number of carbonyl (C=O) groups excluding carboxylic acids is 1. The third kappa shape index (κ3) is 3.42. The van der Waals surface area contributed by atoms with Crippen LogP contribution < -0.4 is 5.32 Å². The molecule has 2 aliphatic rings.